The van der Waals surface area contributed by atoms with Crippen molar-refractivity contribution in [1.29, 1.82) is 0 Å². The molecule has 2 atom stereocenters. The van der Waals surface area contributed by atoms with Gasteiger partial charge in [-0.15, -0.1) is 0 Å². The number of nitrogens with one attached hydrogen (secondary N) is 1. The van der Waals surface area contributed by atoms with Crippen molar-refractivity contribution in [2.24, 2.45) is 0 Å². The number of sulfonamides is 1. The second kappa shape index (κ2) is 8.11. The first-order valence-electron chi connectivity index (χ1n) is 11.1. The van der Waals surface area contributed by atoms with Gasteiger partial charge in [-0.3, -0.25) is 9.69 Å². The molecule has 1 aliphatic carbocycles. The number of ether oxygens (including phenoxy) is 2. The summed E-state index contributed by atoms with van der Waals surface area (Å²) >= 11 is 0. The van der Waals surface area contributed by atoms with E-state index in [4.69, 9.17) is 9.47 Å². The number of carbonyl (C=O) groups excluding carboxylic acids is 1. The van der Waals surface area contributed by atoms with E-state index in [1.54, 1.807) is 32.1 Å². The highest BCUT2D eigenvalue weighted by Crippen LogP contribution is 2.43. The Morgan fingerprint density at radius 3 is 2.50 bits per heavy atom. The largest absolute Gasteiger partial charge is 0.472 e. The third-order valence-electron chi connectivity index (χ3n) is 6.85. The number of piperidine rings is 1. The van der Waals surface area contributed by atoms with Gasteiger partial charge in [0.25, 0.3) is 5.91 Å². The van der Waals surface area contributed by atoms with Crippen LogP contribution >= 0.6 is 0 Å². The molecule has 0 radical (unpaired) electrons. The molecule has 1 aromatic rings. The Balaban J connectivity index is 1.56. The fourth-order valence-electron chi connectivity index (χ4n) is 4.81. The molecule has 1 amide bonds. The molecule has 0 spiro atoms. The van der Waals surface area contributed by atoms with Crippen LogP contribution in [0.3, 0.4) is 0 Å². The minimum Gasteiger partial charge on any atom is -0.472 e. The molecule has 4 rings (SSSR count). The van der Waals surface area contributed by atoms with Gasteiger partial charge >= 0.3 is 0 Å². The average Bonchev–Trinajstić information content (AvgIpc) is 3.11. The zero-order valence-corrected chi connectivity index (χ0v) is 20.2. The molecule has 3 heterocycles. The molecular formula is C21H33N5O5S. The Morgan fingerprint density at radius 2 is 1.91 bits per heavy atom. The van der Waals surface area contributed by atoms with Crippen molar-refractivity contribution in [3.05, 3.63) is 6.20 Å². The van der Waals surface area contributed by atoms with Gasteiger partial charge in [-0.1, -0.05) is 0 Å². The fraction of sp³-hybridized carbons (Fsp3) is 0.762. The standard InChI is InChI=1S/C21H33N5O5S/c1-20(2)18(27)26(15-6-9-21(3,12-15)30-4)17-16(31-20)13-22-19(24-17)23-14-7-10-25(11-8-14)32(5,28)29/h13-15H,6-12H2,1-5H3,(H,22,23,24). The summed E-state index contributed by atoms with van der Waals surface area (Å²) in [5, 5.41) is 3.32. The zero-order chi connectivity index (χ0) is 23.3. The van der Waals surface area contributed by atoms with Crippen LogP contribution in [0.4, 0.5) is 11.8 Å². The molecule has 11 heteroatoms. The van der Waals surface area contributed by atoms with Crippen LogP contribution in [-0.4, -0.2) is 78.3 Å². The van der Waals surface area contributed by atoms with Crippen LogP contribution in [0.2, 0.25) is 0 Å². The lowest BCUT2D eigenvalue weighted by Gasteiger charge is -2.41. The van der Waals surface area contributed by atoms with Gasteiger partial charge in [-0.25, -0.2) is 17.7 Å². The maximum Gasteiger partial charge on any atom is 0.272 e. The molecule has 1 aromatic heterocycles. The van der Waals surface area contributed by atoms with Gasteiger partial charge in [0, 0.05) is 32.3 Å². The number of amides is 1. The van der Waals surface area contributed by atoms with Crippen molar-refractivity contribution in [1.82, 2.24) is 14.3 Å². The summed E-state index contributed by atoms with van der Waals surface area (Å²) in [4.78, 5) is 24.2. The van der Waals surface area contributed by atoms with Crippen molar-refractivity contribution in [2.45, 2.75) is 76.2 Å². The van der Waals surface area contributed by atoms with E-state index in [9.17, 15) is 13.2 Å². The summed E-state index contributed by atoms with van der Waals surface area (Å²) in [6, 6.07) is 0.0227. The first kappa shape index (κ1) is 23.2. The van der Waals surface area contributed by atoms with Crippen LogP contribution in [0.25, 0.3) is 0 Å². The Kier molecular flexibility index (Phi) is 5.87. The van der Waals surface area contributed by atoms with E-state index in [1.807, 2.05) is 0 Å². The molecule has 0 aromatic carbocycles. The van der Waals surface area contributed by atoms with E-state index in [0.717, 1.165) is 19.3 Å². The SMILES string of the molecule is COC1(C)CCC(N2C(=O)C(C)(C)Oc3cnc(NC4CCN(S(C)(=O)=O)CC4)nc32)C1. The maximum atomic E-state index is 13.3. The van der Waals surface area contributed by atoms with Gasteiger partial charge in [-0.05, 0) is 52.9 Å². The lowest BCUT2D eigenvalue weighted by atomic mass is 10.0. The monoisotopic (exact) mass is 467 g/mol. The first-order chi connectivity index (χ1) is 14.9. The van der Waals surface area contributed by atoms with Crippen molar-refractivity contribution < 1.29 is 22.7 Å². The number of nitrogens with zero attached hydrogens (tertiary/aromatic N) is 4. The Morgan fingerprint density at radius 1 is 1.22 bits per heavy atom. The van der Waals surface area contributed by atoms with Gasteiger partial charge in [0.15, 0.2) is 17.2 Å². The summed E-state index contributed by atoms with van der Waals surface area (Å²) in [6.45, 7) is 6.51. The third-order valence-corrected chi connectivity index (χ3v) is 8.15. The molecule has 2 fully saturated rings. The quantitative estimate of drug-likeness (QED) is 0.697. The predicted molar refractivity (Wildman–Crippen MR) is 120 cm³/mol. The van der Waals surface area contributed by atoms with Crippen molar-refractivity contribution in [3.8, 4) is 5.75 Å². The molecule has 0 bridgehead atoms. The molecule has 3 aliphatic rings. The minimum atomic E-state index is -3.18. The highest BCUT2D eigenvalue weighted by molar-refractivity contribution is 7.88. The molecule has 178 valence electrons. The van der Waals surface area contributed by atoms with E-state index in [0.29, 0.717) is 43.4 Å². The molecule has 1 saturated heterocycles. The van der Waals surface area contributed by atoms with Gasteiger partial charge in [0.1, 0.15) is 0 Å². The number of aromatic nitrogens is 2. The smallest absolute Gasteiger partial charge is 0.272 e. The Labute approximate surface area is 189 Å². The summed E-state index contributed by atoms with van der Waals surface area (Å²) in [7, 11) is -1.47. The molecule has 10 nitrogen and oxygen atoms in total. The Bertz CT molecular complexity index is 992. The third kappa shape index (κ3) is 4.42. The van der Waals surface area contributed by atoms with Crippen LogP contribution < -0.4 is 15.0 Å². The lowest BCUT2D eigenvalue weighted by molar-refractivity contribution is -0.133. The highest BCUT2D eigenvalue weighted by Gasteiger charge is 2.48. The van der Waals surface area contributed by atoms with Crippen molar-refractivity contribution >= 4 is 27.7 Å². The average molecular weight is 468 g/mol. The lowest BCUT2D eigenvalue weighted by Crippen LogP contribution is -2.56. The fourth-order valence-corrected chi connectivity index (χ4v) is 5.69. The molecule has 2 aliphatic heterocycles. The minimum absolute atomic E-state index is 0.0323. The summed E-state index contributed by atoms with van der Waals surface area (Å²) in [5.74, 6) is 1.25. The molecule has 1 saturated carbocycles. The second-order valence-electron chi connectivity index (χ2n) is 9.80. The number of rotatable bonds is 5. The maximum absolute atomic E-state index is 13.3. The summed E-state index contributed by atoms with van der Waals surface area (Å²) in [5.41, 5.74) is -1.27. The Hall–Kier alpha value is -1.98. The van der Waals surface area contributed by atoms with Crippen molar-refractivity contribution in [2.75, 3.05) is 36.7 Å². The number of carbonyl (C=O) groups is 1. The van der Waals surface area contributed by atoms with Gasteiger partial charge in [-0.2, -0.15) is 4.98 Å². The van der Waals surface area contributed by atoms with Gasteiger partial charge in [0.2, 0.25) is 16.0 Å². The van der Waals surface area contributed by atoms with Crippen LogP contribution in [0.15, 0.2) is 6.20 Å². The highest BCUT2D eigenvalue weighted by atomic mass is 32.2. The van der Waals surface area contributed by atoms with Crippen LogP contribution in [0, 0.1) is 0 Å². The van der Waals surface area contributed by atoms with Crippen LogP contribution in [-0.2, 0) is 19.6 Å². The second-order valence-corrected chi connectivity index (χ2v) is 11.8. The van der Waals surface area contributed by atoms with Gasteiger partial charge < -0.3 is 14.8 Å². The number of anilines is 2. The molecule has 1 N–H and O–H groups in total. The van der Waals surface area contributed by atoms with E-state index in [2.05, 4.69) is 22.2 Å². The number of methoxy groups -OCH3 is 1. The number of hydrogen-bond acceptors (Lipinski definition) is 8. The zero-order valence-electron chi connectivity index (χ0n) is 19.4. The topological polar surface area (TPSA) is 114 Å². The van der Waals surface area contributed by atoms with Gasteiger partial charge in [0.05, 0.1) is 18.1 Å². The van der Waals surface area contributed by atoms with Crippen LogP contribution in [0.1, 0.15) is 52.9 Å². The first-order valence-corrected chi connectivity index (χ1v) is 12.9. The van der Waals surface area contributed by atoms with E-state index >= 15 is 0 Å². The summed E-state index contributed by atoms with van der Waals surface area (Å²) in [6.07, 6.45) is 6.58. The van der Waals surface area contributed by atoms with Crippen LogP contribution in [0.5, 0.6) is 5.75 Å². The van der Waals surface area contributed by atoms with E-state index in [1.165, 1.54) is 10.6 Å². The molecule has 32 heavy (non-hydrogen) atoms. The number of hydrogen-bond donors (Lipinski definition) is 1. The van der Waals surface area contributed by atoms with Crippen molar-refractivity contribution in [3.63, 3.8) is 0 Å². The van der Waals surface area contributed by atoms with E-state index < -0.39 is 15.6 Å². The number of fused-ring (bicyclic) bond motifs is 1. The molecular weight excluding hydrogens is 434 g/mol. The normalized spacial score (nSPS) is 29.0. The van der Waals surface area contributed by atoms with E-state index in [-0.39, 0.29) is 23.6 Å². The molecule has 2 unspecified atom stereocenters. The predicted octanol–water partition coefficient (Wildman–Crippen LogP) is 1.77. The summed E-state index contributed by atoms with van der Waals surface area (Å²) < 4.78 is 36.6.